The molecule has 0 spiro atoms. The highest BCUT2D eigenvalue weighted by Gasteiger charge is 2.00. The molecule has 4 N–H and O–H groups in total. The van der Waals surface area contributed by atoms with Gasteiger partial charge in [0, 0.05) is 6.61 Å². The fourth-order valence-electron chi connectivity index (χ4n) is 4.07. The van der Waals surface area contributed by atoms with Crippen molar-refractivity contribution in [2.24, 2.45) is 0 Å². The molecule has 196 valence electrons. The Bertz CT molecular complexity index is 341. The number of phosphoric acid groups is 1. The Kier molecular flexibility index (Phi) is 31.1. The van der Waals surface area contributed by atoms with E-state index in [-0.39, 0.29) is 0 Å². The van der Waals surface area contributed by atoms with E-state index in [1.807, 2.05) is 0 Å². The smallest absolute Gasteiger partial charge is 0.396 e. The normalized spacial score (nSPS) is 11.4. The first-order valence-corrected chi connectivity index (χ1v) is 15.4. The highest BCUT2D eigenvalue weighted by atomic mass is 31.2. The predicted octanol–water partition coefficient (Wildman–Crippen LogP) is 8.43. The van der Waals surface area contributed by atoms with Crippen molar-refractivity contribution in [3.63, 3.8) is 0 Å². The molecule has 0 rings (SSSR count). The maximum atomic E-state index is 8.88. The molecule has 0 aliphatic rings. The van der Waals surface area contributed by atoms with Gasteiger partial charge in [0.25, 0.3) is 0 Å². The molecule has 0 bridgehead atoms. The Labute approximate surface area is 200 Å². The molecule has 0 amide bonds. The van der Waals surface area contributed by atoms with Crippen molar-refractivity contribution in [2.45, 2.75) is 161 Å². The first-order valence-electron chi connectivity index (χ1n) is 13.8. The number of unbranched alkanes of at least 4 members (excludes halogenated alkanes) is 23. The lowest BCUT2D eigenvalue weighted by Gasteiger charge is -2.04. The van der Waals surface area contributed by atoms with Crippen molar-refractivity contribution < 1.29 is 24.4 Å². The van der Waals surface area contributed by atoms with Gasteiger partial charge in [-0.2, -0.15) is 0 Å². The molecule has 0 aromatic carbocycles. The van der Waals surface area contributed by atoms with Crippen molar-refractivity contribution in [1.82, 2.24) is 0 Å². The summed E-state index contributed by atoms with van der Waals surface area (Å²) in [5, 5.41) is 8.74. The van der Waals surface area contributed by atoms with Gasteiger partial charge in [0.05, 0.1) is 0 Å². The molecule has 0 saturated carbocycles. The molecule has 0 heterocycles. The van der Waals surface area contributed by atoms with Crippen LogP contribution in [-0.2, 0) is 4.57 Å². The highest BCUT2D eigenvalue weighted by molar-refractivity contribution is 7.45. The second kappa shape index (κ2) is 29.1. The summed E-state index contributed by atoms with van der Waals surface area (Å²) in [7, 11) is -4.64. The summed E-state index contributed by atoms with van der Waals surface area (Å²) >= 11 is 0. The minimum absolute atomic E-state index is 0.374. The average molecular weight is 481 g/mol. The molecule has 6 heteroatoms. The molecule has 0 fully saturated rings. The summed E-state index contributed by atoms with van der Waals surface area (Å²) in [6, 6.07) is 0. The van der Waals surface area contributed by atoms with Crippen LogP contribution in [-0.4, -0.2) is 26.4 Å². The van der Waals surface area contributed by atoms with Crippen LogP contribution in [0, 0.1) is 0 Å². The Morgan fingerprint density at radius 2 is 0.562 bits per heavy atom. The van der Waals surface area contributed by atoms with Gasteiger partial charge in [-0.3, -0.25) is 0 Å². The number of hydrogen-bond donors (Lipinski definition) is 4. The van der Waals surface area contributed by atoms with E-state index in [2.05, 4.69) is 6.92 Å². The number of aliphatic hydroxyl groups excluding tert-OH is 1. The van der Waals surface area contributed by atoms with Crippen LogP contribution in [0.5, 0.6) is 0 Å². The van der Waals surface area contributed by atoms with Crippen LogP contribution in [0.1, 0.15) is 161 Å². The van der Waals surface area contributed by atoms with E-state index in [4.69, 9.17) is 24.4 Å². The fraction of sp³-hybridized carbons (Fsp3) is 1.00. The van der Waals surface area contributed by atoms with Crippen molar-refractivity contribution in [3.05, 3.63) is 0 Å². The van der Waals surface area contributed by atoms with Crippen LogP contribution in [0.25, 0.3) is 0 Å². The van der Waals surface area contributed by atoms with Gasteiger partial charge in [0.1, 0.15) is 0 Å². The Morgan fingerprint density at radius 3 is 0.719 bits per heavy atom. The molecule has 0 unspecified atom stereocenters. The fourth-order valence-corrected chi connectivity index (χ4v) is 4.07. The van der Waals surface area contributed by atoms with Gasteiger partial charge in [-0.15, -0.1) is 0 Å². The third-order valence-corrected chi connectivity index (χ3v) is 6.01. The van der Waals surface area contributed by atoms with E-state index in [1.54, 1.807) is 0 Å². The Morgan fingerprint density at radius 1 is 0.406 bits per heavy atom. The van der Waals surface area contributed by atoms with Gasteiger partial charge >= 0.3 is 7.82 Å². The summed E-state index contributed by atoms with van der Waals surface area (Å²) in [5.41, 5.74) is 0. The van der Waals surface area contributed by atoms with E-state index < -0.39 is 7.82 Å². The van der Waals surface area contributed by atoms with Crippen LogP contribution in [0.4, 0.5) is 0 Å². The zero-order valence-electron chi connectivity index (χ0n) is 21.3. The molecular formula is C26H57O5P. The van der Waals surface area contributed by atoms with Gasteiger partial charge in [-0.25, -0.2) is 4.57 Å². The molecule has 32 heavy (non-hydrogen) atoms. The van der Waals surface area contributed by atoms with Crippen LogP contribution >= 0.6 is 7.82 Å². The maximum Gasteiger partial charge on any atom is 0.466 e. The van der Waals surface area contributed by atoms with E-state index in [1.165, 1.54) is 148 Å². The van der Waals surface area contributed by atoms with Gasteiger partial charge in [0.2, 0.25) is 0 Å². The molecular weight excluding hydrogens is 423 g/mol. The lowest BCUT2D eigenvalue weighted by Crippen LogP contribution is -1.85. The van der Waals surface area contributed by atoms with Crippen molar-refractivity contribution in [2.75, 3.05) is 6.61 Å². The average Bonchev–Trinajstić information content (AvgIpc) is 2.73. The SMILES string of the molecule is CCCCCCCCCCCCCCCCCCCCCCCCCCO.O=P(O)(O)O. The highest BCUT2D eigenvalue weighted by Crippen LogP contribution is 2.25. The molecule has 0 atom stereocenters. The zero-order chi connectivity index (χ0) is 24.2. The molecule has 0 aliphatic heterocycles. The third kappa shape index (κ3) is 43.9. The lowest BCUT2D eigenvalue weighted by atomic mass is 10.0. The lowest BCUT2D eigenvalue weighted by molar-refractivity contribution is 0.275. The quantitative estimate of drug-likeness (QED) is 0.0820. The van der Waals surface area contributed by atoms with Gasteiger partial charge in [-0.1, -0.05) is 155 Å². The monoisotopic (exact) mass is 480 g/mol. The third-order valence-electron chi connectivity index (χ3n) is 6.01. The maximum absolute atomic E-state index is 8.88. The topological polar surface area (TPSA) is 98.0 Å². The molecule has 0 aliphatic carbocycles. The summed E-state index contributed by atoms with van der Waals surface area (Å²) in [6.07, 6.45) is 34.1. The van der Waals surface area contributed by atoms with Crippen LogP contribution in [0.15, 0.2) is 0 Å². The predicted molar refractivity (Wildman–Crippen MR) is 138 cm³/mol. The molecule has 0 saturated heterocycles. The van der Waals surface area contributed by atoms with Crippen LogP contribution < -0.4 is 0 Å². The van der Waals surface area contributed by atoms with Crippen molar-refractivity contribution in [3.8, 4) is 0 Å². The van der Waals surface area contributed by atoms with Crippen LogP contribution in [0.2, 0.25) is 0 Å². The van der Waals surface area contributed by atoms with Crippen LogP contribution in [0.3, 0.4) is 0 Å². The molecule has 0 aromatic heterocycles. The summed E-state index contributed by atoms with van der Waals surface area (Å²) in [5.74, 6) is 0. The van der Waals surface area contributed by atoms with Gasteiger partial charge in [0.15, 0.2) is 0 Å². The zero-order valence-corrected chi connectivity index (χ0v) is 22.2. The second-order valence-electron chi connectivity index (χ2n) is 9.37. The summed E-state index contributed by atoms with van der Waals surface area (Å²) in [4.78, 5) is 21.6. The van der Waals surface area contributed by atoms with E-state index in [9.17, 15) is 0 Å². The minimum Gasteiger partial charge on any atom is -0.396 e. The summed E-state index contributed by atoms with van der Waals surface area (Å²) < 4.78 is 8.88. The number of hydrogen-bond acceptors (Lipinski definition) is 2. The molecule has 0 aromatic rings. The molecule has 5 nitrogen and oxygen atoms in total. The van der Waals surface area contributed by atoms with Crippen molar-refractivity contribution in [1.29, 1.82) is 0 Å². The number of rotatable bonds is 24. The standard InChI is InChI=1S/C26H54O.H3O4P/c1-2-3-4-5-6-7-8-9-10-11-12-13-14-15-16-17-18-19-20-21-22-23-24-25-26-27;1-5(2,3)4/h27H,2-26H2,1H3;(H3,1,2,3,4). The Balaban J connectivity index is 0. The van der Waals surface area contributed by atoms with Crippen molar-refractivity contribution >= 4 is 7.82 Å². The van der Waals surface area contributed by atoms with Gasteiger partial charge in [-0.05, 0) is 6.42 Å². The first-order chi connectivity index (χ1) is 15.4. The number of aliphatic hydroxyl groups is 1. The van der Waals surface area contributed by atoms with E-state index in [0.29, 0.717) is 6.61 Å². The summed E-state index contributed by atoms with van der Waals surface area (Å²) in [6.45, 7) is 2.67. The molecule has 0 radical (unpaired) electrons. The largest absolute Gasteiger partial charge is 0.466 e. The Hall–Kier alpha value is 0.0700. The minimum atomic E-state index is -4.64. The first kappa shape index (κ1) is 34.2. The van der Waals surface area contributed by atoms with Gasteiger partial charge < -0.3 is 19.8 Å². The van der Waals surface area contributed by atoms with E-state index >= 15 is 0 Å². The van der Waals surface area contributed by atoms with E-state index in [0.717, 1.165) is 6.42 Å². The second-order valence-corrected chi connectivity index (χ2v) is 10.4.